The number of nitrogens with zero attached hydrogens (tertiary/aromatic N) is 3. The molecule has 3 rings (SSSR count). The fraction of sp³-hybridized carbons (Fsp3) is 0.312. The predicted octanol–water partition coefficient (Wildman–Crippen LogP) is 6.34. The van der Waals surface area contributed by atoms with Crippen LogP contribution in [0.1, 0.15) is 44.7 Å². The number of amides is 1. The van der Waals surface area contributed by atoms with Crippen molar-refractivity contribution in [3.8, 4) is 17.6 Å². The van der Waals surface area contributed by atoms with Gasteiger partial charge < -0.3 is 24.6 Å². The maximum Gasteiger partial charge on any atom is 0.273 e. The van der Waals surface area contributed by atoms with E-state index in [0.717, 1.165) is 22.3 Å². The van der Waals surface area contributed by atoms with Gasteiger partial charge in [0.2, 0.25) is 0 Å². The van der Waals surface area contributed by atoms with Crippen molar-refractivity contribution in [1.29, 1.82) is 0 Å². The molecule has 0 spiro atoms. The number of allylic oxidation sites excluding steroid dienone is 2. The highest BCUT2D eigenvalue weighted by molar-refractivity contribution is 6.47. The molecule has 0 heterocycles. The van der Waals surface area contributed by atoms with Crippen LogP contribution in [0.15, 0.2) is 80.2 Å². The lowest BCUT2D eigenvalue weighted by atomic mass is 9.85. The highest BCUT2D eigenvalue weighted by Crippen LogP contribution is 2.31. The summed E-state index contributed by atoms with van der Waals surface area (Å²) in [5.74, 6) is 6.21. The third-order valence-corrected chi connectivity index (χ3v) is 7.07. The van der Waals surface area contributed by atoms with Crippen molar-refractivity contribution in [2.45, 2.75) is 33.6 Å². The van der Waals surface area contributed by atoms with Crippen LogP contribution in [0, 0.1) is 11.8 Å². The number of nitrogens with one attached hydrogen (secondary N) is 1. The van der Waals surface area contributed by atoms with E-state index in [1.807, 2.05) is 31.2 Å². The van der Waals surface area contributed by atoms with Gasteiger partial charge in [0.05, 0.1) is 5.02 Å². The highest BCUT2D eigenvalue weighted by atomic mass is 35.5. The smallest absolute Gasteiger partial charge is 0.273 e. The molecule has 2 aromatic carbocycles. The van der Waals surface area contributed by atoms with Crippen molar-refractivity contribution < 1.29 is 24.0 Å². The summed E-state index contributed by atoms with van der Waals surface area (Å²) in [6, 6.07) is 12.5. The molecule has 0 radical (unpaired) electrons. The van der Waals surface area contributed by atoms with Gasteiger partial charge in [-0.15, -0.1) is 0 Å². The molecule has 0 aliphatic heterocycles. The lowest BCUT2D eigenvalue weighted by molar-refractivity contribution is -0.114. The molecule has 9 nitrogen and oxygen atoms in total. The van der Waals surface area contributed by atoms with Crippen LogP contribution >= 0.6 is 23.2 Å². The number of halogens is 2. The van der Waals surface area contributed by atoms with E-state index in [-0.39, 0.29) is 24.8 Å². The summed E-state index contributed by atoms with van der Waals surface area (Å²) >= 11 is 12.0. The summed E-state index contributed by atoms with van der Waals surface area (Å²) in [7, 11) is 4.43. The lowest BCUT2D eigenvalue weighted by Gasteiger charge is -2.22. The zero-order chi connectivity index (χ0) is 31.4. The second-order valence-electron chi connectivity index (χ2n) is 9.51. The molecule has 0 fully saturated rings. The predicted molar refractivity (Wildman–Crippen MR) is 171 cm³/mol. The van der Waals surface area contributed by atoms with Gasteiger partial charge in [0.1, 0.15) is 44.6 Å². The van der Waals surface area contributed by atoms with Gasteiger partial charge in [0, 0.05) is 23.2 Å². The van der Waals surface area contributed by atoms with Crippen molar-refractivity contribution in [3.05, 3.63) is 85.9 Å². The van der Waals surface area contributed by atoms with E-state index in [0.29, 0.717) is 40.1 Å². The van der Waals surface area contributed by atoms with E-state index in [1.165, 1.54) is 25.4 Å². The Morgan fingerprint density at radius 2 is 1.63 bits per heavy atom. The van der Waals surface area contributed by atoms with Gasteiger partial charge in [-0.25, -0.2) is 0 Å². The zero-order valence-electron chi connectivity index (χ0n) is 25.0. The molecule has 2 aromatic rings. The molecule has 43 heavy (non-hydrogen) atoms. The minimum Gasteiger partial charge on any atom is -0.479 e. The topological polar surface area (TPSA) is 103 Å². The molecule has 226 valence electrons. The molecule has 0 saturated heterocycles. The molecule has 1 amide bonds. The molecular formula is C32H34Cl2N4O5. The summed E-state index contributed by atoms with van der Waals surface area (Å²) < 4.78 is 5.61. The third kappa shape index (κ3) is 9.37. The standard InChI is InChI=1S/C32H34Cl2N4O5/c1-20-16-25(27(17-21(20)2)31(38-41-6)32(39)35-4)19-43-36-22(3)30(37-40-5)24-11-9-23(10-12-24)8-7-15-42-29-14-13-26(33)18-28(29)34/h9-14,18H,15-17,19H2,1-6H3,(H,35,39)/b36-22+,37-30-,38-31+. The van der Waals surface area contributed by atoms with Crippen LogP contribution in [0.25, 0.3) is 0 Å². The van der Waals surface area contributed by atoms with Crippen LogP contribution in [0.4, 0.5) is 0 Å². The fourth-order valence-corrected chi connectivity index (χ4v) is 4.64. The number of carbonyl (C=O) groups excluding carboxylic acids is 1. The first-order valence-corrected chi connectivity index (χ1v) is 14.1. The summed E-state index contributed by atoms with van der Waals surface area (Å²) in [6.45, 7) is 6.21. The molecule has 1 aliphatic rings. The Morgan fingerprint density at radius 3 is 2.28 bits per heavy atom. The van der Waals surface area contributed by atoms with Gasteiger partial charge >= 0.3 is 0 Å². The Kier molecular flexibility index (Phi) is 12.7. The molecule has 0 aromatic heterocycles. The van der Waals surface area contributed by atoms with Crippen molar-refractivity contribution in [1.82, 2.24) is 5.32 Å². The lowest BCUT2D eigenvalue weighted by Crippen LogP contribution is -2.31. The first-order chi connectivity index (χ1) is 20.7. The van der Waals surface area contributed by atoms with E-state index in [1.54, 1.807) is 32.2 Å². The second kappa shape index (κ2) is 16.4. The molecule has 0 unspecified atom stereocenters. The number of rotatable bonds is 11. The first kappa shape index (κ1) is 33.2. The van der Waals surface area contributed by atoms with Gasteiger partial charge in [-0.1, -0.05) is 73.8 Å². The van der Waals surface area contributed by atoms with Crippen molar-refractivity contribution >= 4 is 46.2 Å². The average Bonchev–Trinajstić information content (AvgIpc) is 2.99. The molecule has 1 N–H and O–H groups in total. The summed E-state index contributed by atoms with van der Waals surface area (Å²) in [5.41, 5.74) is 6.83. The fourth-order valence-electron chi connectivity index (χ4n) is 4.18. The maximum atomic E-state index is 12.5. The normalized spacial score (nSPS) is 14.2. The van der Waals surface area contributed by atoms with E-state index in [2.05, 4.69) is 39.5 Å². The third-order valence-electron chi connectivity index (χ3n) is 6.54. The molecular weight excluding hydrogens is 591 g/mol. The summed E-state index contributed by atoms with van der Waals surface area (Å²) in [6.07, 6.45) is 1.20. The Bertz CT molecular complexity index is 1550. The van der Waals surface area contributed by atoms with Crippen LogP contribution < -0.4 is 10.1 Å². The van der Waals surface area contributed by atoms with E-state index >= 15 is 0 Å². The summed E-state index contributed by atoms with van der Waals surface area (Å²) in [4.78, 5) is 28.3. The Balaban J connectivity index is 1.71. The number of benzene rings is 2. The van der Waals surface area contributed by atoms with Crippen LogP contribution in [0.2, 0.25) is 10.0 Å². The molecule has 1 aliphatic carbocycles. The van der Waals surface area contributed by atoms with Gasteiger partial charge in [0.25, 0.3) is 5.91 Å². The van der Waals surface area contributed by atoms with Gasteiger partial charge in [-0.05, 0) is 75.1 Å². The monoisotopic (exact) mass is 624 g/mol. The molecule has 0 atom stereocenters. The van der Waals surface area contributed by atoms with Crippen LogP contribution in [-0.2, 0) is 19.3 Å². The molecule has 0 saturated carbocycles. The Labute approximate surface area is 262 Å². The average molecular weight is 626 g/mol. The number of oxime groups is 3. The number of ether oxygens (including phenoxy) is 1. The van der Waals surface area contributed by atoms with Gasteiger partial charge in [0.15, 0.2) is 5.71 Å². The van der Waals surface area contributed by atoms with E-state index in [4.69, 9.17) is 42.5 Å². The number of hydrogen-bond acceptors (Lipinski definition) is 8. The van der Waals surface area contributed by atoms with Gasteiger partial charge in [-0.3, -0.25) is 4.79 Å². The quantitative estimate of drug-likeness (QED) is 0.136. The Morgan fingerprint density at radius 1 is 0.953 bits per heavy atom. The van der Waals surface area contributed by atoms with E-state index in [9.17, 15) is 4.79 Å². The van der Waals surface area contributed by atoms with Crippen molar-refractivity contribution in [3.63, 3.8) is 0 Å². The van der Waals surface area contributed by atoms with E-state index < -0.39 is 0 Å². The van der Waals surface area contributed by atoms with Crippen molar-refractivity contribution in [2.24, 2.45) is 15.5 Å². The Hall–Kier alpha value is -4.26. The molecule has 11 heteroatoms. The largest absolute Gasteiger partial charge is 0.479 e. The SMILES string of the molecule is CNC(=O)/C(=N/OC)C1=C(CO/N=C(C)/C(=N/OC)c2ccc(C#CCOc3ccc(Cl)cc3Cl)cc2)CC(C)=C(C)C1. The first-order valence-electron chi connectivity index (χ1n) is 13.3. The van der Waals surface area contributed by atoms with Crippen LogP contribution in [-0.4, -0.2) is 57.5 Å². The highest BCUT2D eigenvalue weighted by Gasteiger charge is 2.25. The van der Waals surface area contributed by atoms with Gasteiger partial charge in [-0.2, -0.15) is 0 Å². The van der Waals surface area contributed by atoms with Crippen molar-refractivity contribution in [2.75, 3.05) is 34.5 Å². The second-order valence-corrected chi connectivity index (χ2v) is 10.4. The van der Waals surface area contributed by atoms with Crippen LogP contribution in [0.3, 0.4) is 0 Å². The minimum absolute atomic E-state index is 0.162. The molecule has 0 bridgehead atoms. The minimum atomic E-state index is -0.331. The zero-order valence-corrected chi connectivity index (χ0v) is 26.5. The summed E-state index contributed by atoms with van der Waals surface area (Å²) in [5, 5.41) is 16.0. The van der Waals surface area contributed by atoms with Crippen LogP contribution in [0.5, 0.6) is 5.75 Å². The number of hydrogen-bond donors (Lipinski definition) is 1. The number of carbonyl (C=O) groups is 1. The maximum absolute atomic E-state index is 12.5.